The Morgan fingerprint density at radius 1 is 1.14 bits per heavy atom. The second kappa shape index (κ2) is 3.31. The van der Waals surface area contributed by atoms with Crippen LogP contribution in [-0.2, 0) is 0 Å². The lowest BCUT2D eigenvalue weighted by molar-refractivity contribution is 0.108. The van der Waals surface area contributed by atoms with Gasteiger partial charge in [0.15, 0.2) is 0 Å². The summed E-state index contributed by atoms with van der Waals surface area (Å²) in [6.07, 6.45) is 0. The molecule has 0 fully saturated rings. The minimum Gasteiger partial charge on any atom is -0.507 e. The van der Waals surface area contributed by atoms with Gasteiger partial charge in [-0.25, -0.2) is 0 Å². The van der Waals surface area contributed by atoms with Gasteiger partial charge >= 0.3 is 0 Å². The maximum Gasteiger partial charge on any atom is 0.253 e. The molecule has 0 saturated heterocycles. The number of halogens is 1. The van der Waals surface area contributed by atoms with Crippen LogP contribution in [0.4, 0.5) is 0 Å². The number of benzene rings is 2. The number of fused-ring (bicyclic) bond motifs is 1. The van der Waals surface area contributed by atoms with E-state index in [1.54, 1.807) is 18.2 Å². The predicted octanol–water partition coefficient (Wildman–Crippen LogP) is 2.92. The van der Waals surface area contributed by atoms with Crippen molar-refractivity contribution in [1.82, 2.24) is 0 Å². The zero-order valence-electron chi connectivity index (χ0n) is 7.20. The van der Waals surface area contributed by atoms with Crippen LogP contribution in [0.5, 0.6) is 5.75 Å². The number of aromatic hydroxyl groups is 1. The number of rotatable bonds is 1. The van der Waals surface area contributed by atoms with Gasteiger partial charge in [-0.15, -0.1) is 0 Å². The molecule has 1 N–H and O–H groups in total. The molecule has 0 unspecified atom stereocenters. The van der Waals surface area contributed by atoms with Gasteiger partial charge in [0, 0.05) is 10.9 Å². The highest BCUT2D eigenvalue weighted by Gasteiger charge is 2.09. The van der Waals surface area contributed by atoms with Crippen LogP contribution < -0.4 is 0 Å². The van der Waals surface area contributed by atoms with Gasteiger partial charge in [0.1, 0.15) is 5.75 Å². The van der Waals surface area contributed by atoms with Crippen molar-refractivity contribution in [2.75, 3.05) is 0 Å². The van der Waals surface area contributed by atoms with Gasteiger partial charge in [-0.3, -0.25) is 4.79 Å². The molecule has 0 saturated carbocycles. The van der Waals surface area contributed by atoms with Gasteiger partial charge in [-0.2, -0.15) is 0 Å². The molecule has 2 rings (SSSR count). The molecule has 0 aromatic heterocycles. The molecule has 2 aromatic carbocycles. The van der Waals surface area contributed by atoms with E-state index in [-0.39, 0.29) is 5.75 Å². The minimum absolute atomic E-state index is 0.0760. The fourth-order valence-electron chi connectivity index (χ4n) is 1.48. The summed E-state index contributed by atoms with van der Waals surface area (Å²) < 4.78 is 0. The van der Waals surface area contributed by atoms with Crippen molar-refractivity contribution < 1.29 is 9.90 Å². The van der Waals surface area contributed by atoms with Crippen LogP contribution in [0.2, 0.25) is 0 Å². The second-order valence-corrected chi connectivity index (χ2v) is 3.30. The summed E-state index contributed by atoms with van der Waals surface area (Å²) in [6, 6.07) is 10.2. The van der Waals surface area contributed by atoms with Crippen LogP contribution in [0.15, 0.2) is 36.4 Å². The first-order valence-electron chi connectivity index (χ1n) is 4.10. The van der Waals surface area contributed by atoms with Crippen molar-refractivity contribution in [1.29, 1.82) is 0 Å². The van der Waals surface area contributed by atoms with Gasteiger partial charge in [0.25, 0.3) is 5.24 Å². The molecule has 70 valence electrons. The SMILES string of the molecule is O=C(Cl)c1cccc2cccc(O)c12. The predicted molar refractivity (Wildman–Crippen MR) is 55.8 cm³/mol. The van der Waals surface area contributed by atoms with E-state index in [9.17, 15) is 9.90 Å². The van der Waals surface area contributed by atoms with Crippen LogP contribution in [-0.4, -0.2) is 10.3 Å². The Morgan fingerprint density at radius 3 is 2.43 bits per heavy atom. The fraction of sp³-hybridized carbons (Fsp3) is 0. The Labute approximate surface area is 85.7 Å². The molecule has 0 heterocycles. The molecule has 0 amide bonds. The highest BCUT2D eigenvalue weighted by Crippen LogP contribution is 2.28. The Kier molecular flexibility index (Phi) is 2.14. The van der Waals surface area contributed by atoms with E-state index in [2.05, 4.69) is 0 Å². The summed E-state index contributed by atoms with van der Waals surface area (Å²) >= 11 is 5.40. The van der Waals surface area contributed by atoms with Gasteiger partial charge in [-0.1, -0.05) is 24.3 Å². The molecule has 0 atom stereocenters. The summed E-state index contributed by atoms with van der Waals surface area (Å²) in [5.74, 6) is 0.0760. The number of hydrogen-bond donors (Lipinski definition) is 1. The standard InChI is InChI=1S/C11H7ClO2/c12-11(14)8-5-1-3-7-4-2-6-9(13)10(7)8/h1-6,13H. The maximum absolute atomic E-state index is 11.1. The first-order chi connectivity index (χ1) is 6.70. The van der Waals surface area contributed by atoms with Gasteiger partial charge in [-0.05, 0) is 29.1 Å². The summed E-state index contributed by atoms with van der Waals surface area (Å²) in [5, 5.41) is 10.3. The minimum atomic E-state index is -0.558. The third-order valence-corrected chi connectivity index (χ3v) is 2.30. The Bertz CT molecular complexity index is 500. The van der Waals surface area contributed by atoms with Gasteiger partial charge < -0.3 is 5.11 Å². The number of hydrogen-bond acceptors (Lipinski definition) is 2. The van der Waals surface area contributed by atoms with Crippen molar-refractivity contribution >= 4 is 27.6 Å². The molecule has 0 aliphatic heterocycles. The molecule has 14 heavy (non-hydrogen) atoms. The highest BCUT2D eigenvalue weighted by atomic mass is 35.5. The average Bonchev–Trinajstić information content (AvgIpc) is 2.17. The number of phenolic OH excluding ortho intramolecular Hbond substituents is 1. The van der Waals surface area contributed by atoms with Crippen LogP contribution in [0.3, 0.4) is 0 Å². The van der Waals surface area contributed by atoms with Crippen LogP contribution in [0, 0.1) is 0 Å². The Morgan fingerprint density at radius 2 is 1.79 bits per heavy atom. The van der Waals surface area contributed by atoms with Crippen molar-refractivity contribution in [3.05, 3.63) is 42.0 Å². The molecular formula is C11H7ClO2. The van der Waals surface area contributed by atoms with E-state index in [4.69, 9.17) is 11.6 Å². The summed E-state index contributed by atoms with van der Waals surface area (Å²) in [4.78, 5) is 11.1. The summed E-state index contributed by atoms with van der Waals surface area (Å²) in [6.45, 7) is 0. The first-order valence-corrected chi connectivity index (χ1v) is 4.48. The molecule has 2 nitrogen and oxygen atoms in total. The van der Waals surface area contributed by atoms with Crippen LogP contribution in [0.1, 0.15) is 10.4 Å². The zero-order valence-corrected chi connectivity index (χ0v) is 7.95. The molecule has 0 radical (unpaired) electrons. The van der Waals surface area contributed by atoms with E-state index in [1.165, 1.54) is 6.07 Å². The Hall–Kier alpha value is -1.54. The topological polar surface area (TPSA) is 37.3 Å². The van der Waals surface area contributed by atoms with E-state index >= 15 is 0 Å². The third kappa shape index (κ3) is 1.34. The van der Waals surface area contributed by atoms with E-state index in [1.807, 2.05) is 12.1 Å². The van der Waals surface area contributed by atoms with Gasteiger partial charge in [0.05, 0.1) is 0 Å². The number of phenols is 1. The lowest BCUT2D eigenvalue weighted by atomic mass is 10.0. The van der Waals surface area contributed by atoms with E-state index in [0.717, 1.165) is 5.39 Å². The van der Waals surface area contributed by atoms with Crippen molar-refractivity contribution in [3.63, 3.8) is 0 Å². The monoisotopic (exact) mass is 206 g/mol. The molecule has 2 aromatic rings. The number of carbonyl (C=O) groups excluding carboxylic acids is 1. The van der Waals surface area contributed by atoms with Crippen molar-refractivity contribution in [2.24, 2.45) is 0 Å². The molecular weight excluding hydrogens is 200 g/mol. The normalized spacial score (nSPS) is 10.4. The van der Waals surface area contributed by atoms with E-state index < -0.39 is 5.24 Å². The smallest absolute Gasteiger partial charge is 0.253 e. The second-order valence-electron chi connectivity index (χ2n) is 2.95. The van der Waals surface area contributed by atoms with Crippen LogP contribution in [0.25, 0.3) is 10.8 Å². The number of carbonyl (C=O) groups is 1. The van der Waals surface area contributed by atoms with Crippen molar-refractivity contribution in [3.8, 4) is 5.75 Å². The quantitative estimate of drug-likeness (QED) is 0.729. The Balaban J connectivity index is 2.91. The zero-order chi connectivity index (χ0) is 10.1. The fourth-order valence-corrected chi connectivity index (χ4v) is 1.64. The van der Waals surface area contributed by atoms with Gasteiger partial charge in [0.2, 0.25) is 0 Å². The molecule has 0 aliphatic carbocycles. The first kappa shape index (κ1) is 9.03. The summed E-state index contributed by atoms with van der Waals surface area (Å²) in [7, 11) is 0. The highest BCUT2D eigenvalue weighted by molar-refractivity contribution is 6.68. The average molecular weight is 207 g/mol. The lowest BCUT2D eigenvalue weighted by Gasteiger charge is -2.03. The van der Waals surface area contributed by atoms with Crippen LogP contribution >= 0.6 is 11.6 Å². The molecule has 3 heteroatoms. The molecule has 0 aliphatic rings. The summed E-state index contributed by atoms with van der Waals surface area (Å²) in [5.41, 5.74) is 0.335. The third-order valence-electron chi connectivity index (χ3n) is 2.09. The van der Waals surface area contributed by atoms with E-state index in [0.29, 0.717) is 10.9 Å². The van der Waals surface area contributed by atoms with Crippen molar-refractivity contribution in [2.45, 2.75) is 0 Å². The lowest BCUT2D eigenvalue weighted by Crippen LogP contribution is -1.90. The maximum atomic E-state index is 11.1. The molecule has 0 bridgehead atoms. The largest absolute Gasteiger partial charge is 0.507 e. The molecule has 0 spiro atoms.